The molecule has 132 valence electrons. The number of fused-ring (bicyclic) bond motifs is 1. The van der Waals surface area contributed by atoms with Crippen LogP contribution in [-0.4, -0.2) is 25.5 Å². The van der Waals surface area contributed by atoms with Crippen LogP contribution < -0.4 is 20.3 Å². The average Bonchev–Trinajstić information content (AvgIpc) is 2.70. The van der Waals surface area contributed by atoms with E-state index in [-0.39, 0.29) is 6.61 Å². The van der Waals surface area contributed by atoms with E-state index in [2.05, 4.69) is 10.9 Å². The predicted molar refractivity (Wildman–Crippen MR) is 98.0 cm³/mol. The van der Waals surface area contributed by atoms with Crippen molar-refractivity contribution in [3.8, 4) is 11.5 Å². The quantitative estimate of drug-likeness (QED) is 0.694. The minimum Gasteiger partial charge on any atom is -0.493 e. The number of para-hydroxylation sites is 2. The van der Waals surface area contributed by atoms with Crippen molar-refractivity contribution in [2.24, 2.45) is 0 Å². The number of rotatable bonds is 5. The van der Waals surface area contributed by atoms with Crippen LogP contribution in [0, 0.1) is 0 Å². The third-order valence-electron chi connectivity index (χ3n) is 3.78. The number of hydrogen-bond acceptors (Lipinski definition) is 4. The second-order valence-corrected chi connectivity index (χ2v) is 5.47. The van der Waals surface area contributed by atoms with Gasteiger partial charge in [0.25, 0.3) is 11.8 Å². The van der Waals surface area contributed by atoms with Crippen LogP contribution in [-0.2, 0) is 4.79 Å². The molecule has 6 heteroatoms. The number of carbonyl (C=O) groups is 2. The van der Waals surface area contributed by atoms with Gasteiger partial charge in [0.15, 0.2) is 18.1 Å². The molecule has 0 saturated heterocycles. The zero-order valence-electron chi connectivity index (χ0n) is 14.2. The minimum absolute atomic E-state index is 0.254. The van der Waals surface area contributed by atoms with Crippen LogP contribution in [0.4, 0.5) is 0 Å². The molecule has 3 aromatic carbocycles. The summed E-state index contributed by atoms with van der Waals surface area (Å²) in [5, 5.41) is 1.76. The van der Waals surface area contributed by atoms with Gasteiger partial charge in [0, 0.05) is 5.56 Å². The van der Waals surface area contributed by atoms with E-state index in [1.54, 1.807) is 36.4 Å². The Morgan fingerprint density at radius 2 is 1.54 bits per heavy atom. The molecular formula is C20H18N2O4. The van der Waals surface area contributed by atoms with Crippen LogP contribution in [0.2, 0.25) is 0 Å². The van der Waals surface area contributed by atoms with Gasteiger partial charge in [-0.25, -0.2) is 0 Å². The number of nitrogens with one attached hydrogen (secondary N) is 2. The maximum Gasteiger partial charge on any atom is 0.276 e. The highest BCUT2D eigenvalue weighted by Crippen LogP contribution is 2.25. The maximum atomic E-state index is 12.4. The molecule has 0 heterocycles. The summed E-state index contributed by atoms with van der Waals surface area (Å²) in [6, 6.07) is 20.0. The summed E-state index contributed by atoms with van der Waals surface area (Å²) in [5.74, 6) is 0.0996. The van der Waals surface area contributed by atoms with Crippen molar-refractivity contribution in [3.05, 3.63) is 72.3 Å². The van der Waals surface area contributed by atoms with Gasteiger partial charge in [-0.3, -0.25) is 20.4 Å². The van der Waals surface area contributed by atoms with E-state index in [1.165, 1.54) is 7.11 Å². The van der Waals surface area contributed by atoms with E-state index < -0.39 is 11.8 Å². The molecule has 0 atom stereocenters. The summed E-state index contributed by atoms with van der Waals surface area (Å²) >= 11 is 0. The molecule has 0 radical (unpaired) electrons. The number of ether oxygens (including phenoxy) is 2. The molecule has 2 N–H and O–H groups in total. The molecule has 0 unspecified atom stereocenters. The largest absolute Gasteiger partial charge is 0.493 e. The standard InChI is InChI=1S/C20H18N2O4/c1-25-17-11-4-5-12-18(17)26-13-19(23)21-22-20(24)16-10-6-8-14-7-2-3-9-15(14)16/h2-12H,13H2,1H3,(H,21,23)(H,22,24). The van der Waals surface area contributed by atoms with Crippen LogP contribution in [0.25, 0.3) is 10.8 Å². The minimum atomic E-state index is -0.482. The number of carbonyl (C=O) groups excluding carboxylic acids is 2. The van der Waals surface area contributed by atoms with Crippen molar-refractivity contribution < 1.29 is 19.1 Å². The first-order chi connectivity index (χ1) is 12.7. The lowest BCUT2D eigenvalue weighted by atomic mass is 10.0. The molecule has 0 aliphatic heterocycles. The third-order valence-corrected chi connectivity index (χ3v) is 3.78. The van der Waals surface area contributed by atoms with E-state index in [0.29, 0.717) is 17.1 Å². The van der Waals surface area contributed by atoms with Gasteiger partial charge in [0.05, 0.1) is 7.11 Å². The van der Waals surface area contributed by atoms with E-state index in [4.69, 9.17) is 9.47 Å². The molecule has 0 aliphatic rings. The van der Waals surface area contributed by atoms with E-state index in [1.807, 2.05) is 30.3 Å². The number of amides is 2. The van der Waals surface area contributed by atoms with E-state index in [0.717, 1.165) is 10.8 Å². The third kappa shape index (κ3) is 3.92. The molecule has 3 aromatic rings. The van der Waals surface area contributed by atoms with Gasteiger partial charge in [-0.2, -0.15) is 0 Å². The van der Waals surface area contributed by atoms with Crippen LogP contribution in [0.15, 0.2) is 66.7 Å². The normalized spacial score (nSPS) is 10.2. The van der Waals surface area contributed by atoms with Crippen molar-refractivity contribution in [3.63, 3.8) is 0 Å². The first kappa shape index (κ1) is 17.3. The topological polar surface area (TPSA) is 76.7 Å². The zero-order valence-corrected chi connectivity index (χ0v) is 14.2. The van der Waals surface area contributed by atoms with Crippen LogP contribution in [0.3, 0.4) is 0 Å². The fourth-order valence-corrected chi connectivity index (χ4v) is 2.53. The Kier molecular flexibility index (Phi) is 5.34. The van der Waals surface area contributed by atoms with Gasteiger partial charge < -0.3 is 9.47 Å². The molecule has 2 amide bonds. The fourth-order valence-electron chi connectivity index (χ4n) is 2.53. The SMILES string of the molecule is COc1ccccc1OCC(=O)NNC(=O)c1cccc2ccccc12. The van der Waals surface area contributed by atoms with Gasteiger partial charge in [0.1, 0.15) is 0 Å². The van der Waals surface area contributed by atoms with Crippen LogP contribution >= 0.6 is 0 Å². The Morgan fingerprint density at radius 3 is 2.35 bits per heavy atom. The molecular weight excluding hydrogens is 332 g/mol. The average molecular weight is 350 g/mol. The first-order valence-corrected chi connectivity index (χ1v) is 8.02. The second-order valence-electron chi connectivity index (χ2n) is 5.47. The molecule has 0 saturated carbocycles. The van der Waals surface area contributed by atoms with Crippen LogP contribution in [0.5, 0.6) is 11.5 Å². The Balaban J connectivity index is 1.58. The summed E-state index contributed by atoms with van der Waals surface area (Å²) in [7, 11) is 1.52. The molecule has 0 aliphatic carbocycles. The summed E-state index contributed by atoms with van der Waals surface area (Å²) in [6.45, 7) is -0.254. The molecule has 26 heavy (non-hydrogen) atoms. The Labute approximate surface area is 150 Å². The Bertz CT molecular complexity index is 935. The van der Waals surface area contributed by atoms with Gasteiger partial charge in [-0.1, -0.05) is 48.5 Å². The fraction of sp³-hybridized carbons (Fsp3) is 0.100. The maximum absolute atomic E-state index is 12.4. The summed E-state index contributed by atoms with van der Waals surface area (Å²) in [5.41, 5.74) is 5.24. The smallest absolute Gasteiger partial charge is 0.276 e. The number of benzene rings is 3. The lowest BCUT2D eigenvalue weighted by molar-refractivity contribution is -0.123. The number of hydrazine groups is 1. The second kappa shape index (κ2) is 8.02. The van der Waals surface area contributed by atoms with Crippen molar-refractivity contribution >= 4 is 22.6 Å². The molecule has 3 rings (SSSR count). The predicted octanol–water partition coefficient (Wildman–Crippen LogP) is 2.69. The van der Waals surface area contributed by atoms with E-state index in [9.17, 15) is 9.59 Å². The van der Waals surface area contributed by atoms with Crippen molar-refractivity contribution in [1.82, 2.24) is 10.9 Å². The molecule has 0 aromatic heterocycles. The van der Waals surface area contributed by atoms with Crippen LogP contribution in [0.1, 0.15) is 10.4 Å². The highest BCUT2D eigenvalue weighted by molar-refractivity contribution is 6.07. The van der Waals surface area contributed by atoms with Crippen molar-refractivity contribution in [2.75, 3.05) is 13.7 Å². The number of hydrogen-bond donors (Lipinski definition) is 2. The summed E-state index contributed by atoms with van der Waals surface area (Å²) < 4.78 is 10.6. The van der Waals surface area contributed by atoms with Gasteiger partial charge in [0.2, 0.25) is 0 Å². The highest BCUT2D eigenvalue weighted by Gasteiger charge is 2.11. The van der Waals surface area contributed by atoms with Gasteiger partial charge >= 0.3 is 0 Å². The summed E-state index contributed by atoms with van der Waals surface area (Å²) in [4.78, 5) is 24.3. The zero-order chi connectivity index (χ0) is 18.4. The van der Waals surface area contributed by atoms with Gasteiger partial charge in [-0.15, -0.1) is 0 Å². The number of methoxy groups -OCH3 is 1. The van der Waals surface area contributed by atoms with E-state index >= 15 is 0 Å². The highest BCUT2D eigenvalue weighted by atomic mass is 16.5. The summed E-state index contributed by atoms with van der Waals surface area (Å²) in [6.07, 6.45) is 0. The molecule has 0 spiro atoms. The molecule has 6 nitrogen and oxygen atoms in total. The molecule has 0 bridgehead atoms. The van der Waals surface area contributed by atoms with Crippen molar-refractivity contribution in [1.29, 1.82) is 0 Å². The lowest BCUT2D eigenvalue weighted by Gasteiger charge is -2.11. The Morgan fingerprint density at radius 1 is 0.846 bits per heavy atom. The van der Waals surface area contributed by atoms with Gasteiger partial charge in [-0.05, 0) is 29.0 Å². The monoisotopic (exact) mass is 350 g/mol. The lowest BCUT2D eigenvalue weighted by Crippen LogP contribution is -2.43. The molecule has 0 fully saturated rings. The first-order valence-electron chi connectivity index (χ1n) is 8.02. The van der Waals surface area contributed by atoms with Crippen molar-refractivity contribution in [2.45, 2.75) is 0 Å². The Hall–Kier alpha value is -3.54.